The van der Waals surface area contributed by atoms with Gasteiger partial charge in [0.25, 0.3) is 5.82 Å². The van der Waals surface area contributed by atoms with Crippen LogP contribution in [0.1, 0.15) is 17.8 Å². The molecule has 130 valence electrons. The molecule has 4 rings (SSSR count). The number of rotatable bonds is 3. The van der Waals surface area contributed by atoms with Gasteiger partial charge in [0.2, 0.25) is 0 Å². The lowest BCUT2D eigenvalue weighted by atomic mass is 10.1. The van der Waals surface area contributed by atoms with Crippen LogP contribution in [0.2, 0.25) is 10.0 Å². The van der Waals surface area contributed by atoms with E-state index in [1.165, 1.54) is 18.0 Å². The summed E-state index contributed by atoms with van der Waals surface area (Å²) < 4.78 is 17.8. The lowest BCUT2D eigenvalue weighted by Crippen LogP contribution is -3.00. The molecule has 0 atom stereocenters. The lowest BCUT2D eigenvalue weighted by Gasteiger charge is -2.03. The Morgan fingerprint density at radius 2 is 1.84 bits per heavy atom. The van der Waals surface area contributed by atoms with Crippen LogP contribution in [0.15, 0.2) is 48.7 Å². The van der Waals surface area contributed by atoms with Crippen molar-refractivity contribution in [1.29, 1.82) is 0 Å². The molecule has 0 N–H and O–H groups in total. The third-order valence-corrected chi connectivity index (χ3v) is 5.08. The number of aromatic nitrogens is 2. The highest BCUT2D eigenvalue weighted by Gasteiger charge is 2.28. The Morgan fingerprint density at radius 1 is 1.08 bits per heavy atom. The van der Waals surface area contributed by atoms with E-state index in [1.807, 2.05) is 24.3 Å². The zero-order valence-corrected chi connectivity index (χ0v) is 15.6. The van der Waals surface area contributed by atoms with Gasteiger partial charge in [-0.15, -0.1) is 0 Å². The molecule has 0 radical (unpaired) electrons. The van der Waals surface area contributed by atoms with Gasteiger partial charge in [0.1, 0.15) is 18.6 Å². The van der Waals surface area contributed by atoms with E-state index in [4.69, 9.17) is 23.2 Å². The molecule has 0 saturated carbocycles. The molecule has 0 amide bonds. The van der Waals surface area contributed by atoms with Crippen molar-refractivity contribution in [2.45, 2.75) is 25.9 Å². The van der Waals surface area contributed by atoms with Crippen LogP contribution >= 0.6 is 23.2 Å². The minimum Gasteiger partial charge on any atom is -1.00 e. The van der Waals surface area contributed by atoms with Crippen LogP contribution in [0.25, 0.3) is 11.3 Å². The van der Waals surface area contributed by atoms with Crippen LogP contribution in [0.5, 0.6) is 0 Å². The molecule has 2 heterocycles. The van der Waals surface area contributed by atoms with E-state index >= 15 is 0 Å². The average molecular weight is 398 g/mol. The van der Waals surface area contributed by atoms with E-state index in [0.29, 0.717) is 16.6 Å². The maximum atomic E-state index is 13.2. The van der Waals surface area contributed by atoms with Crippen molar-refractivity contribution in [1.82, 2.24) is 4.57 Å². The number of hydrogen-bond donors (Lipinski definition) is 0. The molecule has 6 heteroatoms. The number of fused-ring (bicyclic) bond motifs is 1. The van der Waals surface area contributed by atoms with Gasteiger partial charge >= 0.3 is 0 Å². The van der Waals surface area contributed by atoms with Crippen LogP contribution in [0, 0.1) is 5.82 Å². The van der Waals surface area contributed by atoms with Crippen molar-refractivity contribution in [3.8, 4) is 11.3 Å². The molecule has 0 fully saturated rings. The second-order valence-electron chi connectivity index (χ2n) is 6.06. The highest BCUT2D eigenvalue weighted by molar-refractivity contribution is 6.35. The Bertz CT molecular complexity index is 904. The third kappa shape index (κ3) is 3.55. The normalized spacial score (nSPS) is 12.8. The molecule has 1 aliphatic rings. The maximum absolute atomic E-state index is 13.2. The quantitative estimate of drug-likeness (QED) is 0.597. The fourth-order valence-corrected chi connectivity index (χ4v) is 3.80. The van der Waals surface area contributed by atoms with Crippen molar-refractivity contribution >= 4 is 23.2 Å². The first-order valence-corrected chi connectivity index (χ1v) is 8.69. The Hall–Kier alpha value is -1.55. The van der Waals surface area contributed by atoms with Gasteiger partial charge in [-0.05, 0) is 42.8 Å². The van der Waals surface area contributed by atoms with Gasteiger partial charge in [-0.3, -0.25) is 0 Å². The second-order valence-corrected chi connectivity index (χ2v) is 6.90. The van der Waals surface area contributed by atoms with E-state index < -0.39 is 0 Å². The molecule has 25 heavy (non-hydrogen) atoms. The first kappa shape index (κ1) is 18.2. The van der Waals surface area contributed by atoms with Gasteiger partial charge in [0.15, 0.2) is 5.69 Å². The number of benzene rings is 2. The molecular weight excluding hydrogens is 382 g/mol. The van der Waals surface area contributed by atoms with Crippen molar-refractivity contribution in [3.05, 3.63) is 75.9 Å². The van der Waals surface area contributed by atoms with E-state index in [-0.39, 0.29) is 18.2 Å². The summed E-state index contributed by atoms with van der Waals surface area (Å²) in [6, 6.07) is 12.3. The van der Waals surface area contributed by atoms with Gasteiger partial charge in [-0.25, -0.2) is 13.5 Å². The summed E-state index contributed by atoms with van der Waals surface area (Å²) in [5, 5.41) is 1.32. The third-order valence-electron chi connectivity index (χ3n) is 4.49. The first-order valence-electron chi connectivity index (χ1n) is 7.93. The molecular formula is C19H16Cl3FN2. The predicted octanol–water partition coefficient (Wildman–Crippen LogP) is 1.89. The van der Waals surface area contributed by atoms with Crippen LogP contribution in [0.4, 0.5) is 4.39 Å². The molecule has 3 aromatic rings. The van der Waals surface area contributed by atoms with E-state index in [9.17, 15) is 4.39 Å². The zero-order valence-electron chi connectivity index (χ0n) is 13.4. The number of halogens is 4. The highest BCUT2D eigenvalue weighted by atomic mass is 35.5. The number of nitrogens with zero attached hydrogens (tertiary/aromatic N) is 2. The Kier molecular flexibility index (Phi) is 5.38. The first-order chi connectivity index (χ1) is 11.6. The van der Waals surface area contributed by atoms with Crippen LogP contribution < -0.4 is 17.0 Å². The molecule has 0 spiro atoms. The van der Waals surface area contributed by atoms with Crippen LogP contribution in [-0.4, -0.2) is 4.57 Å². The number of hydrogen-bond acceptors (Lipinski definition) is 0. The molecule has 0 saturated heterocycles. The van der Waals surface area contributed by atoms with E-state index in [1.54, 1.807) is 6.07 Å². The van der Waals surface area contributed by atoms with Gasteiger partial charge in [-0.1, -0.05) is 29.3 Å². The second kappa shape index (κ2) is 7.36. The molecule has 0 aliphatic carbocycles. The summed E-state index contributed by atoms with van der Waals surface area (Å²) in [6.45, 7) is 1.69. The Balaban J connectivity index is 0.00000182. The van der Waals surface area contributed by atoms with E-state index in [2.05, 4.69) is 15.3 Å². The SMILES string of the molecule is Fc1ccc(-c2c[n+](Cc3ccc(Cl)cc3Cl)c3n2CCC3)cc1.[Cl-]. The van der Waals surface area contributed by atoms with Crippen molar-refractivity contribution in [3.63, 3.8) is 0 Å². The molecule has 0 bridgehead atoms. The molecule has 2 aromatic carbocycles. The smallest absolute Gasteiger partial charge is 0.257 e. The fraction of sp³-hybridized carbons (Fsp3) is 0.211. The zero-order chi connectivity index (χ0) is 16.7. The maximum Gasteiger partial charge on any atom is 0.257 e. The topological polar surface area (TPSA) is 8.81 Å². The molecule has 2 nitrogen and oxygen atoms in total. The fourth-order valence-electron chi connectivity index (χ4n) is 3.33. The summed E-state index contributed by atoms with van der Waals surface area (Å²) in [5.41, 5.74) is 3.19. The summed E-state index contributed by atoms with van der Waals surface area (Å²) in [6.07, 6.45) is 4.29. The standard InChI is InChI=1S/C19H16Cl2FN2.ClH/c20-15-6-3-14(17(21)10-15)11-23-12-18(24-9-1-2-19(23)24)13-4-7-16(22)8-5-13;/h3-8,10,12H,1-2,9,11H2;1H/q+1;/p-1. The Morgan fingerprint density at radius 3 is 2.56 bits per heavy atom. The van der Waals surface area contributed by atoms with E-state index in [0.717, 1.165) is 36.2 Å². The van der Waals surface area contributed by atoms with Gasteiger partial charge in [0.05, 0.1) is 13.0 Å². The summed E-state index contributed by atoms with van der Waals surface area (Å²) in [5.74, 6) is 1.06. The van der Waals surface area contributed by atoms with Crippen molar-refractivity contribution < 1.29 is 21.4 Å². The number of imidazole rings is 1. The van der Waals surface area contributed by atoms with Gasteiger partial charge in [0, 0.05) is 21.2 Å². The monoisotopic (exact) mass is 396 g/mol. The summed E-state index contributed by atoms with van der Waals surface area (Å²) in [7, 11) is 0. The summed E-state index contributed by atoms with van der Waals surface area (Å²) >= 11 is 12.3. The lowest BCUT2D eigenvalue weighted by molar-refractivity contribution is -0.694. The van der Waals surface area contributed by atoms with Gasteiger partial charge in [-0.2, -0.15) is 0 Å². The largest absolute Gasteiger partial charge is 1.00 e. The van der Waals surface area contributed by atoms with Crippen LogP contribution in [-0.2, 0) is 19.5 Å². The Labute approximate surface area is 162 Å². The average Bonchev–Trinajstić information content (AvgIpc) is 3.15. The molecule has 1 aromatic heterocycles. The highest BCUT2D eigenvalue weighted by Crippen LogP contribution is 2.26. The van der Waals surface area contributed by atoms with Crippen molar-refractivity contribution in [2.24, 2.45) is 0 Å². The summed E-state index contributed by atoms with van der Waals surface area (Å²) in [4.78, 5) is 0. The van der Waals surface area contributed by atoms with Crippen LogP contribution in [0.3, 0.4) is 0 Å². The minimum absolute atomic E-state index is 0. The predicted molar refractivity (Wildman–Crippen MR) is 93.9 cm³/mol. The molecule has 1 aliphatic heterocycles. The van der Waals surface area contributed by atoms with Crippen molar-refractivity contribution in [2.75, 3.05) is 0 Å². The molecule has 0 unspecified atom stereocenters. The van der Waals surface area contributed by atoms with Gasteiger partial charge < -0.3 is 12.4 Å². The minimum atomic E-state index is -0.215.